The molecule has 3 rings (SSSR count). The molecule has 0 spiro atoms. The van der Waals surface area contributed by atoms with E-state index in [1.54, 1.807) is 0 Å². The van der Waals surface area contributed by atoms with E-state index in [4.69, 9.17) is 14.4 Å². The zero-order chi connectivity index (χ0) is 13.0. The van der Waals surface area contributed by atoms with E-state index in [1.807, 2.05) is 11.8 Å². The summed E-state index contributed by atoms with van der Waals surface area (Å²) in [6.07, 6.45) is 0. The van der Waals surface area contributed by atoms with Gasteiger partial charge in [0, 0.05) is 9.79 Å². The minimum absolute atomic E-state index is 1.20. The van der Waals surface area contributed by atoms with Crippen LogP contribution in [0.25, 0.3) is 0 Å². The van der Waals surface area contributed by atoms with Gasteiger partial charge < -0.3 is 15.1 Å². The highest BCUT2D eigenvalue weighted by Gasteiger charge is 2.13. The predicted octanol–water partition coefficient (Wildman–Crippen LogP) is 3.26. The summed E-state index contributed by atoms with van der Waals surface area (Å²) in [4.78, 5) is 16.9. The molecule has 94 valence electrons. The van der Waals surface area contributed by atoms with Crippen LogP contribution in [-0.4, -0.2) is 9.79 Å². The van der Waals surface area contributed by atoms with Crippen LogP contribution in [0.4, 0.5) is 11.4 Å². The molecule has 0 saturated heterocycles. The molecule has 1 aliphatic rings. The van der Waals surface area contributed by atoms with Crippen LogP contribution in [-0.2, 0) is 4.57 Å². The average molecular weight is 281 g/mol. The Morgan fingerprint density at radius 1 is 0.889 bits per heavy atom. The van der Waals surface area contributed by atoms with Gasteiger partial charge >= 0.3 is 8.25 Å². The van der Waals surface area contributed by atoms with Crippen molar-refractivity contribution in [2.45, 2.75) is 9.79 Å². The molecule has 1 heterocycles. The highest BCUT2D eigenvalue weighted by Crippen LogP contribution is 2.43. The third kappa shape index (κ3) is 3.37. The standard InChI is InChI=1S/C12H9NS.H3O3P/c1-3-7-11-9(5-1)13-10-6-2-4-8-12(10)14-11;1-4(2)3/h1-8,13H;4H,(H2,1,2,3). The van der Waals surface area contributed by atoms with Gasteiger partial charge in [0.2, 0.25) is 0 Å². The predicted molar refractivity (Wildman–Crippen MR) is 73.7 cm³/mol. The molecule has 3 N–H and O–H groups in total. The lowest BCUT2D eigenvalue weighted by molar-refractivity contribution is 0.405. The lowest BCUT2D eigenvalue weighted by Crippen LogP contribution is -1.98. The maximum atomic E-state index is 8.74. The van der Waals surface area contributed by atoms with Crippen LogP contribution in [0.1, 0.15) is 0 Å². The first-order valence-electron chi connectivity index (χ1n) is 5.21. The number of fused-ring (bicyclic) bond motifs is 2. The highest BCUT2D eigenvalue weighted by molar-refractivity contribution is 7.99. The third-order valence-electron chi connectivity index (χ3n) is 2.26. The zero-order valence-corrected chi connectivity index (χ0v) is 11.1. The molecule has 0 atom stereocenters. The van der Waals surface area contributed by atoms with Crippen LogP contribution < -0.4 is 5.32 Å². The van der Waals surface area contributed by atoms with E-state index in [-0.39, 0.29) is 0 Å². The SMILES string of the molecule is O=[PH](O)O.c1ccc2c(c1)Nc1ccccc1S2. The number of hydrogen-bond acceptors (Lipinski definition) is 3. The lowest BCUT2D eigenvalue weighted by Gasteiger charge is -2.19. The summed E-state index contributed by atoms with van der Waals surface area (Å²) in [5, 5.41) is 3.42. The van der Waals surface area contributed by atoms with E-state index in [9.17, 15) is 0 Å². The first kappa shape index (κ1) is 13.2. The molecule has 0 radical (unpaired) electrons. The minimum Gasteiger partial charge on any atom is -0.354 e. The second-order valence-corrected chi connectivity index (χ2v) is 5.15. The number of benzene rings is 2. The van der Waals surface area contributed by atoms with E-state index in [2.05, 4.69) is 53.8 Å². The van der Waals surface area contributed by atoms with Gasteiger partial charge in [0.15, 0.2) is 0 Å². The van der Waals surface area contributed by atoms with Gasteiger partial charge in [-0.05, 0) is 24.3 Å². The highest BCUT2D eigenvalue weighted by atomic mass is 32.2. The minimum atomic E-state index is -3.13. The topological polar surface area (TPSA) is 69.6 Å². The van der Waals surface area contributed by atoms with Gasteiger partial charge in [-0.25, -0.2) is 0 Å². The first-order chi connectivity index (χ1) is 8.66. The molecule has 0 aromatic heterocycles. The summed E-state index contributed by atoms with van der Waals surface area (Å²) >= 11 is 1.82. The molecular formula is C12H12NO3PS. The fraction of sp³-hybridized carbons (Fsp3) is 0. The fourth-order valence-corrected chi connectivity index (χ4v) is 2.57. The number of nitrogens with one attached hydrogen (secondary N) is 1. The quantitative estimate of drug-likeness (QED) is 0.552. The summed E-state index contributed by atoms with van der Waals surface area (Å²) in [6.45, 7) is 0. The first-order valence-corrected chi connectivity index (χ1v) is 7.33. The van der Waals surface area contributed by atoms with Crippen molar-refractivity contribution < 1.29 is 14.4 Å². The summed E-state index contributed by atoms with van der Waals surface area (Å²) in [5.41, 5.74) is 2.41. The number of rotatable bonds is 0. The van der Waals surface area contributed by atoms with Crippen molar-refractivity contribution in [1.29, 1.82) is 0 Å². The van der Waals surface area contributed by atoms with E-state index >= 15 is 0 Å². The van der Waals surface area contributed by atoms with Gasteiger partial charge in [-0.2, -0.15) is 0 Å². The molecule has 0 unspecified atom stereocenters. The Labute approximate surface area is 110 Å². The normalized spacial score (nSPS) is 11.7. The lowest BCUT2D eigenvalue weighted by atomic mass is 10.2. The van der Waals surface area contributed by atoms with Gasteiger partial charge in [-0.15, -0.1) is 0 Å². The number of para-hydroxylation sites is 2. The largest absolute Gasteiger partial charge is 0.354 e. The smallest absolute Gasteiger partial charge is 0.314 e. The molecule has 4 nitrogen and oxygen atoms in total. The molecule has 2 aromatic rings. The molecule has 0 aliphatic carbocycles. The molecule has 0 amide bonds. The van der Waals surface area contributed by atoms with Gasteiger partial charge in [0.1, 0.15) is 0 Å². The molecular weight excluding hydrogens is 269 g/mol. The summed E-state index contributed by atoms with van der Waals surface area (Å²) in [5.74, 6) is 0. The Bertz CT molecular complexity index is 485. The molecule has 0 bridgehead atoms. The second-order valence-electron chi connectivity index (χ2n) is 3.50. The number of anilines is 2. The van der Waals surface area contributed by atoms with Crippen LogP contribution in [0.5, 0.6) is 0 Å². The fourth-order valence-electron chi connectivity index (χ4n) is 1.58. The number of hydrogen-bond donors (Lipinski definition) is 3. The second kappa shape index (κ2) is 6.07. The maximum Gasteiger partial charge on any atom is 0.314 e. The summed E-state index contributed by atoms with van der Waals surface area (Å²) in [6, 6.07) is 16.8. The molecule has 1 aliphatic heterocycles. The van der Waals surface area contributed by atoms with Crippen molar-refractivity contribution >= 4 is 31.4 Å². The van der Waals surface area contributed by atoms with Crippen molar-refractivity contribution in [2.24, 2.45) is 0 Å². The Morgan fingerprint density at radius 3 is 1.72 bits per heavy atom. The molecule has 2 aromatic carbocycles. The van der Waals surface area contributed by atoms with Crippen molar-refractivity contribution in [3.05, 3.63) is 48.5 Å². The van der Waals surface area contributed by atoms with Gasteiger partial charge in [0.05, 0.1) is 11.4 Å². The Morgan fingerprint density at radius 2 is 1.28 bits per heavy atom. The monoisotopic (exact) mass is 281 g/mol. The van der Waals surface area contributed by atoms with Crippen LogP contribution in [0, 0.1) is 0 Å². The van der Waals surface area contributed by atoms with Crippen LogP contribution in [0.3, 0.4) is 0 Å². The van der Waals surface area contributed by atoms with Crippen molar-refractivity contribution in [3.63, 3.8) is 0 Å². The Hall–Kier alpha value is -1.26. The van der Waals surface area contributed by atoms with Crippen LogP contribution in [0.15, 0.2) is 58.3 Å². The zero-order valence-electron chi connectivity index (χ0n) is 9.33. The molecule has 0 fully saturated rings. The third-order valence-corrected chi connectivity index (χ3v) is 3.42. The Balaban J connectivity index is 0.000000267. The van der Waals surface area contributed by atoms with Gasteiger partial charge in [-0.3, -0.25) is 4.57 Å². The average Bonchev–Trinajstić information content (AvgIpc) is 2.35. The summed E-state index contributed by atoms with van der Waals surface area (Å²) < 4.78 is 8.74. The van der Waals surface area contributed by atoms with Crippen molar-refractivity contribution in [2.75, 3.05) is 5.32 Å². The molecule has 6 heteroatoms. The van der Waals surface area contributed by atoms with E-state index in [0.717, 1.165) is 0 Å². The van der Waals surface area contributed by atoms with Gasteiger partial charge in [0.25, 0.3) is 0 Å². The van der Waals surface area contributed by atoms with E-state index < -0.39 is 8.25 Å². The molecule has 18 heavy (non-hydrogen) atoms. The van der Waals surface area contributed by atoms with Gasteiger partial charge in [-0.1, -0.05) is 36.0 Å². The van der Waals surface area contributed by atoms with Crippen molar-refractivity contribution in [1.82, 2.24) is 0 Å². The molecule has 0 saturated carbocycles. The van der Waals surface area contributed by atoms with Crippen molar-refractivity contribution in [3.8, 4) is 0 Å². The van der Waals surface area contributed by atoms with E-state index in [0.29, 0.717) is 0 Å². The Kier molecular flexibility index (Phi) is 4.44. The maximum absolute atomic E-state index is 8.74. The van der Waals surface area contributed by atoms with Crippen LogP contribution in [0.2, 0.25) is 0 Å². The summed E-state index contributed by atoms with van der Waals surface area (Å²) in [7, 11) is -3.13. The van der Waals surface area contributed by atoms with E-state index in [1.165, 1.54) is 21.2 Å². The van der Waals surface area contributed by atoms with Crippen LogP contribution >= 0.6 is 20.0 Å².